The molecule has 0 atom stereocenters. The van der Waals surface area contributed by atoms with Crippen LogP contribution < -0.4 is 20.9 Å². The summed E-state index contributed by atoms with van der Waals surface area (Å²) in [5.74, 6) is -0.770. The highest BCUT2D eigenvalue weighted by molar-refractivity contribution is 6.31. The molecule has 3 amide bonds. The maximum Gasteiger partial charge on any atom is 0.276 e. The van der Waals surface area contributed by atoms with Crippen LogP contribution >= 0.6 is 11.6 Å². The number of halogens is 1. The second-order valence-electron chi connectivity index (χ2n) is 5.66. The van der Waals surface area contributed by atoms with Gasteiger partial charge < -0.3 is 10.1 Å². The molecule has 0 saturated heterocycles. The zero-order chi connectivity index (χ0) is 19.6. The van der Waals surface area contributed by atoms with E-state index in [-0.39, 0.29) is 25.4 Å². The van der Waals surface area contributed by atoms with E-state index >= 15 is 0 Å². The van der Waals surface area contributed by atoms with Crippen LogP contribution in [0.3, 0.4) is 0 Å². The molecule has 0 unspecified atom stereocenters. The minimum atomic E-state index is -0.508. The van der Waals surface area contributed by atoms with Gasteiger partial charge in [0.25, 0.3) is 5.91 Å². The van der Waals surface area contributed by atoms with E-state index in [1.165, 1.54) is 0 Å². The smallest absolute Gasteiger partial charge is 0.276 e. The fourth-order valence-corrected chi connectivity index (χ4v) is 2.26. The van der Waals surface area contributed by atoms with Gasteiger partial charge in [-0.25, -0.2) is 0 Å². The predicted octanol–water partition coefficient (Wildman–Crippen LogP) is 2.59. The molecule has 2 aromatic carbocycles. The fraction of sp³-hybridized carbons (Fsp3) is 0.211. The van der Waals surface area contributed by atoms with Gasteiger partial charge in [-0.1, -0.05) is 35.9 Å². The number of nitrogens with one attached hydrogen (secondary N) is 3. The molecule has 3 N–H and O–H groups in total. The quantitative estimate of drug-likeness (QED) is 0.634. The van der Waals surface area contributed by atoms with Crippen molar-refractivity contribution in [2.75, 3.05) is 11.9 Å². The first kappa shape index (κ1) is 20.3. The third-order valence-electron chi connectivity index (χ3n) is 3.58. The predicted molar refractivity (Wildman–Crippen MR) is 102 cm³/mol. The Labute approximate surface area is 162 Å². The van der Waals surface area contributed by atoms with E-state index in [1.54, 1.807) is 49.4 Å². The number of anilines is 1. The van der Waals surface area contributed by atoms with Crippen LogP contribution in [-0.2, 0) is 14.4 Å². The molecule has 0 saturated carbocycles. The second kappa shape index (κ2) is 10.2. The van der Waals surface area contributed by atoms with Gasteiger partial charge in [0.1, 0.15) is 5.75 Å². The third-order valence-corrected chi connectivity index (χ3v) is 3.98. The molecule has 0 aliphatic heterocycles. The van der Waals surface area contributed by atoms with Gasteiger partial charge in [0.05, 0.1) is 0 Å². The maximum atomic E-state index is 11.9. The zero-order valence-corrected chi connectivity index (χ0v) is 15.5. The van der Waals surface area contributed by atoms with Crippen LogP contribution in [0.15, 0.2) is 48.5 Å². The van der Waals surface area contributed by atoms with E-state index < -0.39 is 11.8 Å². The van der Waals surface area contributed by atoms with Gasteiger partial charge in [-0.2, -0.15) is 0 Å². The minimum absolute atomic E-state index is 0.0336. The van der Waals surface area contributed by atoms with Crippen molar-refractivity contribution in [1.29, 1.82) is 0 Å². The molecule has 142 valence electrons. The molecule has 2 aromatic rings. The summed E-state index contributed by atoms with van der Waals surface area (Å²) in [5.41, 5.74) is 5.82. The van der Waals surface area contributed by atoms with Gasteiger partial charge in [0.15, 0.2) is 6.61 Å². The highest BCUT2D eigenvalue weighted by Gasteiger charge is 2.10. The van der Waals surface area contributed by atoms with Crippen LogP contribution in [0.25, 0.3) is 0 Å². The van der Waals surface area contributed by atoms with Crippen LogP contribution in [0, 0.1) is 6.92 Å². The number of amides is 3. The molecule has 0 aliphatic carbocycles. The van der Waals surface area contributed by atoms with E-state index in [2.05, 4.69) is 16.2 Å². The number of carbonyl (C=O) groups is 3. The fourth-order valence-electron chi connectivity index (χ4n) is 2.09. The Kier molecular flexibility index (Phi) is 7.63. The summed E-state index contributed by atoms with van der Waals surface area (Å²) in [7, 11) is 0. The average Bonchev–Trinajstić information content (AvgIpc) is 2.67. The van der Waals surface area contributed by atoms with E-state index in [0.29, 0.717) is 16.5 Å². The van der Waals surface area contributed by atoms with Gasteiger partial charge in [-0.05, 0) is 36.8 Å². The summed E-state index contributed by atoms with van der Waals surface area (Å²) in [5, 5.41) is 3.25. The Morgan fingerprint density at radius 2 is 1.56 bits per heavy atom. The molecule has 8 heteroatoms. The van der Waals surface area contributed by atoms with Crippen molar-refractivity contribution >= 4 is 35.0 Å². The number of para-hydroxylation sites is 1. The number of carbonyl (C=O) groups excluding carboxylic acids is 3. The Balaban J connectivity index is 1.66. The van der Waals surface area contributed by atoms with Crippen molar-refractivity contribution in [2.24, 2.45) is 0 Å². The van der Waals surface area contributed by atoms with E-state index in [0.717, 1.165) is 5.56 Å². The Bertz CT molecular complexity index is 812. The molecule has 0 heterocycles. The summed E-state index contributed by atoms with van der Waals surface area (Å²) < 4.78 is 5.25. The van der Waals surface area contributed by atoms with Crippen molar-refractivity contribution in [3.63, 3.8) is 0 Å². The van der Waals surface area contributed by atoms with Crippen molar-refractivity contribution in [3.05, 3.63) is 59.1 Å². The Morgan fingerprint density at radius 1 is 0.889 bits per heavy atom. The van der Waals surface area contributed by atoms with Crippen LogP contribution in [0.5, 0.6) is 5.75 Å². The summed E-state index contributed by atoms with van der Waals surface area (Å²) >= 11 is 5.99. The molecular formula is C19H20ClN3O4. The van der Waals surface area contributed by atoms with E-state index in [4.69, 9.17) is 16.3 Å². The van der Waals surface area contributed by atoms with Crippen molar-refractivity contribution in [2.45, 2.75) is 19.8 Å². The summed E-state index contributed by atoms with van der Waals surface area (Å²) in [6, 6.07) is 14.0. The lowest BCUT2D eigenvalue weighted by Gasteiger charge is -2.10. The molecule has 0 aliphatic rings. The van der Waals surface area contributed by atoms with Crippen molar-refractivity contribution in [3.8, 4) is 5.75 Å². The Hall–Kier alpha value is -3.06. The molecule has 2 rings (SSSR count). The lowest BCUT2D eigenvalue weighted by atomic mass is 10.2. The van der Waals surface area contributed by atoms with Crippen LogP contribution in [0.4, 0.5) is 5.69 Å². The SMILES string of the molecule is Cc1c(Cl)cccc1NC(=O)CCC(=O)NNC(=O)COc1ccccc1. The minimum Gasteiger partial charge on any atom is -0.484 e. The zero-order valence-electron chi connectivity index (χ0n) is 14.8. The van der Waals surface area contributed by atoms with E-state index in [1.807, 2.05) is 6.07 Å². The highest BCUT2D eigenvalue weighted by atomic mass is 35.5. The topological polar surface area (TPSA) is 96.5 Å². The number of hydrazine groups is 1. The van der Waals surface area contributed by atoms with Crippen LogP contribution in [0.2, 0.25) is 5.02 Å². The number of hydrogen-bond donors (Lipinski definition) is 3. The molecule has 0 spiro atoms. The average molecular weight is 390 g/mol. The van der Waals surface area contributed by atoms with Gasteiger partial charge in [0, 0.05) is 23.6 Å². The number of ether oxygens (including phenoxy) is 1. The van der Waals surface area contributed by atoms with Crippen molar-refractivity contribution in [1.82, 2.24) is 10.9 Å². The Morgan fingerprint density at radius 3 is 2.30 bits per heavy atom. The van der Waals surface area contributed by atoms with Crippen LogP contribution in [-0.4, -0.2) is 24.3 Å². The molecular weight excluding hydrogens is 370 g/mol. The first-order chi connectivity index (χ1) is 13.0. The molecule has 0 radical (unpaired) electrons. The van der Waals surface area contributed by atoms with Gasteiger partial charge in [0.2, 0.25) is 11.8 Å². The molecule has 0 bridgehead atoms. The lowest BCUT2D eigenvalue weighted by Crippen LogP contribution is -2.44. The maximum absolute atomic E-state index is 11.9. The molecule has 7 nitrogen and oxygen atoms in total. The number of benzene rings is 2. The summed E-state index contributed by atoms with van der Waals surface area (Å²) in [4.78, 5) is 35.3. The third kappa shape index (κ3) is 6.99. The van der Waals surface area contributed by atoms with Crippen molar-refractivity contribution < 1.29 is 19.1 Å². The summed E-state index contributed by atoms with van der Waals surface area (Å²) in [6.07, 6.45) is -0.112. The second-order valence-corrected chi connectivity index (χ2v) is 6.07. The van der Waals surface area contributed by atoms with Gasteiger partial charge >= 0.3 is 0 Å². The monoisotopic (exact) mass is 389 g/mol. The van der Waals surface area contributed by atoms with Crippen LogP contribution in [0.1, 0.15) is 18.4 Å². The molecule has 0 fully saturated rings. The number of hydrogen-bond acceptors (Lipinski definition) is 4. The first-order valence-electron chi connectivity index (χ1n) is 8.26. The van der Waals surface area contributed by atoms with Gasteiger partial charge in [-0.3, -0.25) is 25.2 Å². The molecule has 27 heavy (non-hydrogen) atoms. The first-order valence-corrected chi connectivity index (χ1v) is 8.64. The largest absolute Gasteiger partial charge is 0.484 e. The molecule has 0 aromatic heterocycles. The van der Waals surface area contributed by atoms with Gasteiger partial charge in [-0.15, -0.1) is 0 Å². The highest BCUT2D eigenvalue weighted by Crippen LogP contribution is 2.23. The standard InChI is InChI=1S/C19H20ClN3O4/c1-13-15(20)8-5-9-16(13)21-17(24)10-11-18(25)22-23-19(26)12-27-14-6-3-2-4-7-14/h2-9H,10-12H2,1H3,(H,21,24)(H,22,25)(H,23,26). The number of rotatable bonds is 7. The normalized spacial score (nSPS) is 10.0. The lowest BCUT2D eigenvalue weighted by molar-refractivity contribution is -0.130. The summed E-state index contributed by atoms with van der Waals surface area (Å²) in [6.45, 7) is 1.55. The van der Waals surface area contributed by atoms with E-state index in [9.17, 15) is 14.4 Å².